The smallest absolute Gasteiger partial charge is 0.261 e. The highest BCUT2D eigenvalue weighted by Crippen LogP contribution is 2.34. The highest BCUT2D eigenvalue weighted by Gasteiger charge is 2.32. The van der Waals surface area contributed by atoms with Gasteiger partial charge in [-0.15, -0.1) is 0 Å². The summed E-state index contributed by atoms with van der Waals surface area (Å²) in [6, 6.07) is 0.389. The highest BCUT2D eigenvalue weighted by atomic mass is 19.3. The molecule has 0 aromatic rings. The zero-order chi connectivity index (χ0) is 11.3. The number of hydrogen-bond acceptors (Lipinski definition) is 3. The van der Waals surface area contributed by atoms with Crippen molar-refractivity contribution in [1.29, 1.82) is 0 Å². The van der Waals surface area contributed by atoms with Crippen LogP contribution < -0.4 is 5.73 Å². The molecule has 0 aromatic carbocycles. The van der Waals surface area contributed by atoms with E-state index in [1.54, 1.807) is 0 Å². The quantitative estimate of drug-likeness (QED) is 0.621. The van der Waals surface area contributed by atoms with Gasteiger partial charge >= 0.3 is 0 Å². The van der Waals surface area contributed by atoms with Crippen LogP contribution in [0.4, 0.5) is 8.78 Å². The lowest BCUT2D eigenvalue weighted by atomic mass is 10.1. The van der Waals surface area contributed by atoms with Crippen molar-refractivity contribution >= 4 is 0 Å². The number of likely N-dealkylation sites (N-methyl/N-ethyl adjacent to an activating group) is 1. The Morgan fingerprint density at radius 3 is 2.60 bits per heavy atom. The first-order valence-electron chi connectivity index (χ1n) is 5.41. The summed E-state index contributed by atoms with van der Waals surface area (Å²) in [6.07, 6.45) is 0.109. The molecule has 2 N–H and O–H groups in total. The summed E-state index contributed by atoms with van der Waals surface area (Å²) in [5.41, 5.74) is 5.66. The topological polar surface area (TPSA) is 38.5 Å². The summed E-state index contributed by atoms with van der Waals surface area (Å²) in [5.74, 6) is 0.704. The summed E-state index contributed by atoms with van der Waals surface area (Å²) >= 11 is 0. The predicted molar refractivity (Wildman–Crippen MR) is 55.0 cm³/mol. The van der Waals surface area contributed by atoms with Gasteiger partial charge in [0.05, 0.1) is 6.61 Å². The van der Waals surface area contributed by atoms with Gasteiger partial charge in [-0.25, -0.2) is 8.78 Å². The number of rotatable bonds is 8. The van der Waals surface area contributed by atoms with Crippen LogP contribution in [0.5, 0.6) is 0 Å². The van der Waals surface area contributed by atoms with Crippen molar-refractivity contribution in [2.24, 2.45) is 11.7 Å². The highest BCUT2D eigenvalue weighted by molar-refractivity contribution is 4.87. The molecular weight excluding hydrogens is 202 g/mol. The predicted octanol–water partition coefficient (Wildman–Crippen LogP) is 0.937. The minimum Gasteiger partial charge on any atom is -0.374 e. The van der Waals surface area contributed by atoms with Gasteiger partial charge < -0.3 is 10.5 Å². The van der Waals surface area contributed by atoms with E-state index in [-0.39, 0.29) is 0 Å². The molecule has 3 nitrogen and oxygen atoms in total. The molecule has 0 radical (unpaired) electrons. The molecule has 0 spiro atoms. The van der Waals surface area contributed by atoms with Crippen molar-refractivity contribution < 1.29 is 13.5 Å². The molecule has 0 aliphatic heterocycles. The van der Waals surface area contributed by atoms with Crippen molar-refractivity contribution in [2.45, 2.75) is 25.3 Å². The van der Waals surface area contributed by atoms with E-state index >= 15 is 0 Å². The third kappa shape index (κ3) is 4.86. The first-order chi connectivity index (χ1) is 7.15. The first kappa shape index (κ1) is 12.8. The molecule has 1 aliphatic rings. The Balaban J connectivity index is 2.08. The summed E-state index contributed by atoms with van der Waals surface area (Å²) in [7, 11) is 1.97. The molecule has 1 atom stereocenters. The van der Waals surface area contributed by atoms with E-state index in [1.807, 2.05) is 7.05 Å². The van der Waals surface area contributed by atoms with Crippen LogP contribution in [0.3, 0.4) is 0 Å². The number of alkyl halides is 2. The van der Waals surface area contributed by atoms with Gasteiger partial charge in [-0.1, -0.05) is 0 Å². The van der Waals surface area contributed by atoms with Crippen LogP contribution in [0.25, 0.3) is 0 Å². The maximum absolute atomic E-state index is 11.8. The maximum atomic E-state index is 11.8. The van der Waals surface area contributed by atoms with E-state index in [4.69, 9.17) is 10.5 Å². The molecule has 5 heteroatoms. The van der Waals surface area contributed by atoms with Crippen molar-refractivity contribution in [3.8, 4) is 0 Å². The standard InChI is InChI=1S/C10H20F2N2O/c1-14(4-5-15-7-10(11)12)9(6-13)8-2-3-8/h8-10H,2-7,13H2,1H3. The molecule has 90 valence electrons. The van der Waals surface area contributed by atoms with E-state index < -0.39 is 13.0 Å². The van der Waals surface area contributed by atoms with E-state index in [2.05, 4.69) is 4.90 Å². The average Bonchev–Trinajstić information content (AvgIpc) is 2.97. The normalized spacial score (nSPS) is 18.8. The fourth-order valence-corrected chi connectivity index (χ4v) is 1.76. The van der Waals surface area contributed by atoms with Gasteiger partial charge in [0.2, 0.25) is 0 Å². The van der Waals surface area contributed by atoms with Crippen LogP contribution in [-0.4, -0.2) is 50.7 Å². The number of hydrogen-bond donors (Lipinski definition) is 1. The van der Waals surface area contributed by atoms with E-state index in [0.717, 1.165) is 0 Å². The molecule has 1 rings (SSSR count). The van der Waals surface area contributed by atoms with Crippen LogP contribution in [0.15, 0.2) is 0 Å². The maximum Gasteiger partial charge on any atom is 0.261 e. The monoisotopic (exact) mass is 222 g/mol. The van der Waals surface area contributed by atoms with Crippen LogP contribution in [0.1, 0.15) is 12.8 Å². The van der Waals surface area contributed by atoms with Crippen molar-refractivity contribution in [3.63, 3.8) is 0 Å². The third-order valence-electron chi connectivity index (χ3n) is 2.81. The lowest BCUT2D eigenvalue weighted by Gasteiger charge is -2.26. The minimum absolute atomic E-state index is 0.351. The molecule has 1 fully saturated rings. The van der Waals surface area contributed by atoms with Crippen LogP contribution in [0, 0.1) is 5.92 Å². The summed E-state index contributed by atoms with van der Waals surface area (Å²) in [4.78, 5) is 2.11. The molecule has 0 aromatic heterocycles. The zero-order valence-electron chi connectivity index (χ0n) is 9.16. The van der Waals surface area contributed by atoms with Crippen LogP contribution >= 0.6 is 0 Å². The Morgan fingerprint density at radius 1 is 1.47 bits per heavy atom. The lowest BCUT2D eigenvalue weighted by Crippen LogP contribution is -2.41. The van der Waals surface area contributed by atoms with Gasteiger partial charge in [0.25, 0.3) is 6.43 Å². The Labute approximate surface area is 89.6 Å². The van der Waals surface area contributed by atoms with Gasteiger partial charge in [-0.3, -0.25) is 4.90 Å². The molecule has 1 unspecified atom stereocenters. The molecule has 0 amide bonds. The summed E-state index contributed by atoms with van der Waals surface area (Å²) in [5, 5.41) is 0. The molecule has 15 heavy (non-hydrogen) atoms. The second kappa shape index (κ2) is 6.35. The largest absolute Gasteiger partial charge is 0.374 e. The van der Waals surface area contributed by atoms with Crippen LogP contribution in [-0.2, 0) is 4.74 Å². The Kier molecular flexibility index (Phi) is 5.42. The number of nitrogens with zero attached hydrogens (tertiary/aromatic N) is 1. The number of ether oxygens (including phenoxy) is 1. The SMILES string of the molecule is CN(CCOCC(F)F)C(CN)C1CC1. The fourth-order valence-electron chi connectivity index (χ4n) is 1.76. The van der Waals surface area contributed by atoms with Gasteiger partial charge in [-0.2, -0.15) is 0 Å². The third-order valence-corrected chi connectivity index (χ3v) is 2.81. The molecule has 1 aliphatic carbocycles. The molecule has 0 bridgehead atoms. The molecular formula is C10H20F2N2O. The first-order valence-corrected chi connectivity index (χ1v) is 5.41. The minimum atomic E-state index is -2.37. The van der Waals surface area contributed by atoms with Gasteiger partial charge in [0.1, 0.15) is 6.61 Å². The van der Waals surface area contributed by atoms with Crippen molar-refractivity contribution in [2.75, 3.05) is 33.4 Å². The Morgan fingerprint density at radius 2 is 2.13 bits per heavy atom. The second-order valence-electron chi connectivity index (χ2n) is 4.09. The summed E-state index contributed by atoms with van der Waals surface area (Å²) in [6.45, 7) is 1.19. The Bertz CT molecular complexity index is 177. The van der Waals surface area contributed by atoms with Crippen molar-refractivity contribution in [1.82, 2.24) is 4.90 Å². The Hall–Kier alpha value is -0.260. The van der Waals surface area contributed by atoms with Gasteiger partial charge in [0, 0.05) is 19.1 Å². The van der Waals surface area contributed by atoms with Gasteiger partial charge in [-0.05, 0) is 25.8 Å². The number of halogens is 2. The van der Waals surface area contributed by atoms with E-state index in [9.17, 15) is 8.78 Å². The molecule has 1 saturated carbocycles. The average molecular weight is 222 g/mol. The zero-order valence-corrected chi connectivity index (χ0v) is 9.16. The molecule has 0 saturated heterocycles. The lowest BCUT2D eigenvalue weighted by molar-refractivity contribution is 0.00810. The van der Waals surface area contributed by atoms with E-state index in [0.29, 0.717) is 31.7 Å². The van der Waals surface area contributed by atoms with Gasteiger partial charge in [0.15, 0.2) is 0 Å². The number of nitrogens with two attached hydrogens (primary N) is 1. The summed E-state index contributed by atoms with van der Waals surface area (Å²) < 4.78 is 28.4. The molecule has 0 heterocycles. The van der Waals surface area contributed by atoms with Crippen molar-refractivity contribution in [3.05, 3.63) is 0 Å². The second-order valence-corrected chi connectivity index (χ2v) is 4.09. The van der Waals surface area contributed by atoms with E-state index in [1.165, 1.54) is 12.8 Å². The fraction of sp³-hybridized carbons (Fsp3) is 1.00. The van der Waals surface area contributed by atoms with Crippen LogP contribution in [0.2, 0.25) is 0 Å².